The minimum absolute atomic E-state index is 0.0307. The molecule has 0 saturated heterocycles. The molecule has 210 valence electrons. The monoisotopic (exact) mass is 540 g/mol. The van der Waals surface area contributed by atoms with Crippen LogP contribution in [0, 0.1) is 0 Å². The molecule has 0 aliphatic heterocycles. The van der Waals surface area contributed by atoms with Gasteiger partial charge in [0.05, 0.1) is 19.6 Å². The highest BCUT2D eigenvalue weighted by Gasteiger charge is 2.31. The van der Waals surface area contributed by atoms with Gasteiger partial charge in [-0.15, -0.1) is 0 Å². The highest BCUT2D eigenvalue weighted by atomic mass is 19.1. The van der Waals surface area contributed by atoms with Gasteiger partial charge in [-0.1, -0.05) is 30.3 Å². The molecule has 4 amide bonds. The number of alkyl halides is 1. The van der Waals surface area contributed by atoms with Crippen LogP contribution in [0.5, 0.6) is 0 Å². The van der Waals surface area contributed by atoms with Crippen molar-refractivity contribution < 1.29 is 47.7 Å². The molecule has 0 heterocycles. The van der Waals surface area contributed by atoms with Crippen LogP contribution < -0.4 is 21.3 Å². The van der Waals surface area contributed by atoms with Gasteiger partial charge in [0, 0.05) is 0 Å². The van der Waals surface area contributed by atoms with Crippen LogP contribution in [-0.2, 0) is 40.1 Å². The van der Waals surface area contributed by atoms with Gasteiger partial charge in [-0.2, -0.15) is 0 Å². The second-order valence-electron chi connectivity index (χ2n) is 8.33. The predicted molar refractivity (Wildman–Crippen MR) is 130 cm³/mol. The molecular weight excluding hydrogens is 507 g/mol. The van der Waals surface area contributed by atoms with Crippen LogP contribution in [0.2, 0.25) is 0 Å². The molecule has 0 saturated carbocycles. The van der Waals surface area contributed by atoms with Crippen molar-refractivity contribution in [1.82, 2.24) is 21.3 Å². The number of nitrogens with one attached hydrogen (secondary N) is 4. The molecular formula is C24H33FN4O9. The van der Waals surface area contributed by atoms with E-state index in [9.17, 15) is 38.3 Å². The number of carbonyl (C=O) groups excluding carboxylic acids is 6. The first-order valence-corrected chi connectivity index (χ1v) is 11.6. The third-order valence-electron chi connectivity index (χ3n) is 5.19. The zero-order chi connectivity index (χ0) is 28.8. The first kappa shape index (κ1) is 32.0. The summed E-state index contributed by atoms with van der Waals surface area (Å²) in [6.45, 7) is 2.31. The number of hydrogen-bond donors (Lipinski definition) is 5. The maximum Gasteiger partial charge on any atom is 0.408 e. The molecule has 1 aromatic rings. The number of esters is 1. The number of hydrogen-bond acceptors (Lipinski definition) is 9. The van der Waals surface area contributed by atoms with Crippen molar-refractivity contribution in [1.29, 1.82) is 0 Å². The van der Waals surface area contributed by atoms with E-state index in [-0.39, 0.29) is 6.61 Å². The van der Waals surface area contributed by atoms with E-state index < -0.39 is 78.9 Å². The van der Waals surface area contributed by atoms with Gasteiger partial charge < -0.3 is 35.8 Å². The fraction of sp³-hybridized carbons (Fsp3) is 0.500. The zero-order valence-corrected chi connectivity index (χ0v) is 21.5. The van der Waals surface area contributed by atoms with E-state index in [1.54, 1.807) is 30.3 Å². The van der Waals surface area contributed by atoms with E-state index in [4.69, 9.17) is 4.74 Å². The predicted octanol–water partition coefficient (Wildman–Crippen LogP) is -0.742. The fourth-order valence-corrected chi connectivity index (χ4v) is 2.94. The zero-order valence-electron chi connectivity index (χ0n) is 21.5. The van der Waals surface area contributed by atoms with Crippen molar-refractivity contribution in [3.8, 4) is 0 Å². The average molecular weight is 541 g/mol. The molecule has 1 aromatic carbocycles. The summed E-state index contributed by atoms with van der Waals surface area (Å²) in [5, 5.41) is 19.0. The lowest BCUT2D eigenvalue weighted by atomic mass is 10.1. The SMILES string of the molecule is COC(=O)C[C@H](NC(=O)[C@H](C)NC(=O)[C@@H](NC(=O)[C@H](C)NC(=O)OCc1ccccc1)[C@@H](C)O)C(=O)CF. The van der Waals surface area contributed by atoms with Crippen molar-refractivity contribution in [2.45, 2.75) is 64.1 Å². The van der Waals surface area contributed by atoms with Gasteiger partial charge in [0.2, 0.25) is 17.7 Å². The number of ether oxygens (including phenoxy) is 2. The maximum absolute atomic E-state index is 12.8. The molecule has 0 aliphatic rings. The van der Waals surface area contributed by atoms with Crippen LogP contribution in [0.25, 0.3) is 0 Å². The largest absolute Gasteiger partial charge is 0.469 e. The van der Waals surface area contributed by atoms with Crippen LogP contribution in [0.15, 0.2) is 30.3 Å². The molecule has 0 aromatic heterocycles. The lowest BCUT2D eigenvalue weighted by Gasteiger charge is -2.25. The molecule has 5 atom stereocenters. The summed E-state index contributed by atoms with van der Waals surface area (Å²) in [6.07, 6.45) is -2.91. The highest BCUT2D eigenvalue weighted by molar-refractivity contribution is 5.96. The molecule has 0 bridgehead atoms. The summed E-state index contributed by atoms with van der Waals surface area (Å²) in [5.41, 5.74) is 0.731. The lowest BCUT2D eigenvalue weighted by molar-refractivity contribution is -0.143. The molecule has 0 radical (unpaired) electrons. The van der Waals surface area contributed by atoms with Crippen molar-refractivity contribution >= 4 is 35.6 Å². The Bertz CT molecular complexity index is 990. The number of methoxy groups -OCH3 is 1. The van der Waals surface area contributed by atoms with Crippen molar-refractivity contribution in [2.75, 3.05) is 13.8 Å². The molecule has 0 unspecified atom stereocenters. The molecule has 1 rings (SSSR count). The Hall–Kier alpha value is -4.07. The highest BCUT2D eigenvalue weighted by Crippen LogP contribution is 2.03. The summed E-state index contributed by atoms with van der Waals surface area (Å²) in [6, 6.07) is 3.32. The van der Waals surface area contributed by atoms with Crippen LogP contribution >= 0.6 is 0 Å². The van der Waals surface area contributed by atoms with Gasteiger partial charge >= 0.3 is 12.1 Å². The smallest absolute Gasteiger partial charge is 0.408 e. The number of halogens is 1. The van der Waals surface area contributed by atoms with Crippen molar-refractivity contribution in [2.24, 2.45) is 0 Å². The van der Waals surface area contributed by atoms with Crippen LogP contribution in [0.3, 0.4) is 0 Å². The van der Waals surface area contributed by atoms with Crippen molar-refractivity contribution in [3.05, 3.63) is 35.9 Å². The van der Waals surface area contributed by atoms with E-state index in [0.29, 0.717) is 0 Å². The number of rotatable bonds is 14. The Labute approximate surface area is 218 Å². The average Bonchev–Trinajstić information content (AvgIpc) is 2.89. The Morgan fingerprint density at radius 3 is 2.00 bits per heavy atom. The number of alkyl carbamates (subject to hydrolysis) is 1. The second kappa shape index (κ2) is 15.9. The summed E-state index contributed by atoms with van der Waals surface area (Å²) < 4.78 is 22.3. The van der Waals surface area contributed by atoms with Crippen molar-refractivity contribution in [3.63, 3.8) is 0 Å². The third kappa shape index (κ3) is 10.9. The van der Waals surface area contributed by atoms with Gasteiger partial charge in [-0.3, -0.25) is 24.0 Å². The number of amides is 4. The van der Waals surface area contributed by atoms with Crippen LogP contribution in [-0.4, -0.2) is 84.7 Å². The van der Waals surface area contributed by atoms with E-state index in [1.165, 1.54) is 20.8 Å². The third-order valence-corrected chi connectivity index (χ3v) is 5.19. The fourth-order valence-electron chi connectivity index (χ4n) is 2.94. The minimum Gasteiger partial charge on any atom is -0.469 e. The molecule has 0 aliphatic carbocycles. The summed E-state index contributed by atoms with van der Waals surface area (Å²) in [5.74, 6) is -4.65. The van der Waals surface area contributed by atoms with E-state index in [2.05, 4.69) is 26.0 Å². The Balaban J connectivity index is 2.68. The lowest BCUT2D eigenvalue weighted by Crippen LogP contribution is -2.59. The standard InChI is InChI=1S/C24H33FN4O9/c1-13(21(33)28-17(18(31)11-25)10-19(32)37-4)26-23(35)20(15(3)30)29-22(34)14(2)27-24(36)38-12-16-8-6-5-7-9-16/h5-9,13-15,17,20,30H,10-12H2,1-4H3,(H,26,35)(H,27,36)(H,28,33)(H,29,34)/t13-,14-,15+,17-,20-/m0/s1. The van der Waals surface area contributed by atoms with Crippen LogP contribution in [0.4, 0.5) is 9.18 Å². The molecule has 0 spiro atoms. The molecule has 13 nitrogen and oxygen atoms in total. The van der Waals surface area contributed by atoms with Gasteiger partial charge in [0.25, 0.3) is 0 Å². The number of carbonyl (C=O) groups is 6. The van der Waals surface area contributed by atoms with Crippen LogP contribution in [0.1, 0.15) is 32.8 Å². The van der Waals surface area contributed by atoms with Gasteiger partial charge in [0.1, 0.15) is 37.4 Å². The van der Waals surface area contributed by atoms with Gasteiger partial charge in [0.15, 0.2) is 5.78 Å². The number of aliphatic hydroxyl groups excluding tert-OH is 1. The minimum atomic E-state index is -1.53. The molecule has 38 heavy (non-hydrogen) atoms. The maximum atomic E-state index is 12.8. The number of aliphatic hydroxyl groups is 1. The molecule has 0 fully saturated rings. The number of ketones is 1. The Kier molecular flexibility index (Phi) is 13.4. The van der Waals surface area contributed by atoms with E-state index >= 15 is 0 Å². The Morgan fingerprint density at radius 1 is 0.868 bits per heavy atom. The number of benzene rings is 1. The molecule has 14 heteroatoms. The number of Topliss-reactive ketones (excluding diaryl/α,β-unsaturated/α-hetero) is 1. The summed E-state index contributed by atoms with van der Waals surface area (Å²) >= 11 is 0. The van der Waals surface area contributed by atoms with Gasteiger partial charge in [-0.05, 0) is 26.3 Å². The Morgan fingerprint density at radius 2 is 1.45 bits per heavy atom. The quantitative estimate of drug-likeness (QED) is 0.189. The first-order valence-electron chi connectivity index (χ1n) is 11.6. The first-order chi connectivity index (χ1) is 17.9. The van der Waals surface area contributed by atoms with Gasteiger partial charge in [-0.25, -0.2) is 9.18 Å². The second-order valence-corrected chi connectivity index (χ2v) is 8.33. The summed E-state index contributed by atoms with van der Waals surface area (Å²) in [7, 11) is 1.05. The van der Waals surface area contributed by atoms with E-state index in [0.717, 1.165) is 12.7 Å². The summed E-state index contributed by atoms with van der Waals surface area (Å²) in [4.78, 5) is 72.7. The topological polar surface area (TPSA) is 189 Å². The normalized spacial score (nSPS) is 14.5. The molecule has 5 N–H and O–H groups in total. The van der Waals surface area contributed by atoms with E-state index in [1.807, 2.05) is 0 Å².